The topological polar surface area (TPSA) is 60.0 Å². The fourth-order valence-electron chi connectivity index (χ4n) is 1.88. The number of nitrogens with zero attached hydrogens (tertiary/aromatic N) is 4. The normalized spacial score (nSPS) is 10.3. The minimum Gasteiger partial charge on any atom is -0.399 e. The van der Waals surface area contributed by atoms with Gasteiger partial charge in [0.1, 0.15) is 12.7 Å². The highest BCUT2D eigenvalue weighted by Gasteiger charge is 2.11. The van der Waals surface area contributed by atoms with Gasteiger partial charge < -0.3 is 5.73 Å². The van der Waals surface area contributed by atoms with E-state index in [0.717, 1.165) is 17.1 Å². The summed E-state index contributed by atoms with van der Waals surface area (Å²) in [4.78, 5) is 5.68. The van der Waals surface area contributed by atoms with Gasteiger partial charge in [-0.2, -0.15) is 4.79 Å². The summed E-state index contributed by atoms with van der Waals surface area (Å²) in [5.41, 5.74) is 8.42. The first-order valence-electron chi connectivity index (χ1n) is 5.90. The second-order valence-corrected chi connectivity index (χ2v) is 4.05. The summed E-state index contributed by atoms with van der Waals surface area (Å²) < 4.78 is 0. The van der Waals surface area contributed by atoms with E-state index >= 15 is 0 Å². The molecule has 0 unspecified atom stereocenters. The van der Waals surface area contributed by atoms with Gasteiger partial charge in [-0.05, 0) is 36.4 Å². The summed E-state index contributed by atoms with van der Waals surface area (Å²) in [5.74, 6) is 0. The average molecular weight is 251 g/mol. The molecule has 3 aromatic rings. The molecule has 94 valence electrons. The molecule has 0 amide bonds. The van der Waals surface area contributed by atoms with Crippen molar-refractivity contribution in [1.29, 1.82) is 0 Å². The van der Waals surface area contributed by atoms with Crippen LogP contribution < -0.4 is 10.7 Å². The van der Waals surface area contributed by atoms with Crippen molar-refractivity contribution in [3.8, 4) is 0 Å². The van der Waals surface area contributed by atoms with Gasteiger partial charge in [0.05, 0.1) is 11.4 Å². The molecule has 0 saturated heterocycles. The zero-order chi connectivity index (χ0) is 13.1. The Kier molecular flexibility index (Phi) is 2.86. The Bertz CT molecular complexity index is 631. The van der Waals surface area contributed by atoms with Gasteiger partial charge in [0.25, 0.3) is 0 Å². The van der Waals surface area contributed by atoms with E-state index in [2.05, 4.69) is 10.1 Å². The van der Waals surface area contributed by atoms with Crippen LogP contribution in [0.15, 0.2) is 67.3 Å². The maximum Gasteiger partial charge on any atom is 0.139 e. The first-order chi connectivity index (χ1) is 9.34. The molecule has 0 radical (unpaired) electrons. The number of nitrogens with two attached hydrogens (primary N) is 1. The van der Waals surface area contributed by atoms with Gasteiger partial charge in [0.15, 0.2) is 0 Å². The van der Waals surface area contributed by atoms with E-state index in [-0.39, 0.29) is 0 Å². The number of aromatic nitrogens is 3. The van der Waals surface area contributed by atoms with Crippen LogP contribution in [-0.4, -0.2) is 14.9 Å². The molecular formula is C14H13N5. The molecule has 0 fully saturated rings. The van der Waals surface area contributed by atoms with Crippen LogP contribution in [0.4, 0.5) is 17.1 Å². The number of para-hydroxylation sites is 1. The van der Waals surface area contributed by atoms with Crippen molar-refractivity contribution in [2.24, 2.45) is 0 Å². The Labute approximate surface area is 110 Å². The van der Waals surface area contributed by atoms with Crippen LogP contribution >= 0.6 is 0 Å². The van der Waals surface area contributed by atoms with E-state index in [1.165, 1.54) is 6.33 Å². The quantitative estimate of drug-likeness (QED) is 0.726. The zero-order valence-corrected chi connectivity index (χ0v) is 10.2. The fourth-order valence-corrected chi connectivity index (χ4v) is 1.88. The molecular weight excluding hydrogens is 238 g/mol. The predicted molar refractivity (Wildman–Crippen MR) is 74.9 cm³/mol. The Balaban J connectivity index is 2.10. The minimum absolute atomic E-state index is 0.732. The van der Waals surface area contributed by atoms with Crippen molar-refractivity contribution in [3.05, 3.63) is 67.3 Å². The minimum atomic E-state index is 0.732. The Morgan fingerprint density at radius 3 is 2.21 bits per heavy atom. The van der Waals surface area contributed by atoms with E-state index in [1.54, 1.807) is 11.1 Å². The first-order valence-corrected chi connectivity index (χ1v) is 5.90. The molecule has 0 spiro atoms. The molecule has 5 heteroatoms. The second kappa shape index (κ2) is 4.81. The summed E-state index contributed by atoms with van der Waals surface area (Å²) in [7, 11) is 0. The van der Waals surface area contributed by atoms with Gasteiger partial charge in [-0.25, -0.2) is 9.99 Å². The van der Waals surface area contributed by atoms with Crippen molar-refractivity contribution in [2.75, 3.05) is 10.7 Å². The third-order valence-corrected chi connectivity index (χ3v) is 2.75. The van der Waals surface area contributed by atoms with Crippen molar-refractivity contribution in [2.45, 2.75) is 0 Å². The van der Waals surface area contributed by atoms with E-state index in [1.807, 2.05) is 59.6 Å². The molecule has 2 aromatic carbocycles. The highest BCUT2D eigenvalue weighted by Crippen LogP contribution is 2.25. The molecule has 19 heavy (non-hydrogen) atoms. The Morgan fingerprint density at radius 2 is 1.58 bits per heavy atom. The molecule has 0 aliphatic heterocycles. The molecule has 0 saturated carbocycles. The first kappa shape index (κ1) is 11.3. The number of nitrogen functional groups attached to an aromatic ring is 1. The number of hydrogen-bond acceptors (Lipinski definition) is 4. The lowest BCUT2D eigenvalue weighted by molar-refractivity contribution is 0.700. The highest BCUT2D eigenvalue weighted by atomic mass is 15.7. The van der Waals surface area contributed by atoms with E-state index in [9.17, 15) is 0 Å². The maximum atomic E-state index is 5.73. The number of rotatable bonds is 3. The van der Waals surface area contributed by atoms with Crippen molar-refractivity contribution >= 4 is 17.1 Å². The van der Waals surface area contributed by atoms with E-state index in [0.29, 0.717) is 0 Å². The SMILES string of the molecule is Nc1ccc(N(c2ccccc2)n2cncn2)cc1. The van der Waals surface area contributed by atoms with Gasteiger partial charge in [0.2, 0.25) is 0 Å². The second-order valence-electron chi connectivity index (χ2n) is 4.05. The van der Waals surface area contributed by atoms with Gasteiger partial charge in [-0.15, -0.1) is 5.10 Å². The van der Waals surface area contributed by atoms with Crippen LogP contribution in [-0.2, 0) is 0 Å². The van der Waals surface area contributed by atoms with Crippen LogP contribution in [0.5, 0.6) is 0 Å². The highest BCUT2D eigenvalue weighted by molar-refractivity contribution is 5.64. The van der Waals surface area contributed by atoms with Crippen LogP contribution in [0, 0.1) is 0 Å². The summed E-state index contributed by atoms with van der Waals surface area (Å²) in [5, 5.41) is 6.14. The molecule has 0 aliphatic rings. The smallest absolute Gasteiger partial charge is 0.139 e. The molecule has 0 aliphatic carbocycles. The van der Waals surface area contributed by atoms with Gasteiger partial charge in [-0.3, -0.25) is 0 Å². The molecule has 1 aromatic heterocycles. The fraction of sp³-hybridized carbons (Fsp3) is 0. The van der Waals surface area contributed by atoms with E-state index < -0.39 is 0 Å². The number of hydrogen-bond donors (Lipinski definition) is 1. The van der Waals surface area contributed by atoms with E-state index in [4.69, 9.17) is 5.73 Å². The third kappa shape index (κ3) is 2.26. The van der Waals surface area contributed by atoms with Gasteiger partial charge >= 0.3 is 0 Å². The summed E-state index contributed by atoms with van der Waals surface area (Å²) in [6, 6.07) is 17.6. The largest absolute Gasteiger partial charge is 0.399 e. The van der Waals surface area contributed by atoms with Crippen LogP contribution in [0.3, 0.4) is 0 Å². The Hall–Kier alpha value is -2.82. The standard InChI is InChI=1S/C14H13N5/c15-12-6-8-14(9-7-12)19(18-11-16-10-17-18)13-4-2-1-3-5-13/h1-11H,15H2. The zero-order valence-electron chi connectivity index (χ0n) is 10.2. The summed E-state index contributed by atoms with van der Waals surface area (Å²) in [6.45, 7) is 0. The van der Waals surface area contributed by atoms with Gasteiger partial charge in [-0.1, -0.05) is 18.2 Å². The lowest BCUT2D eigenvalue weighted by atomic mass is 10.2. The monoisotopic (exact) mass is 251 g/mol. The molecule has 0 bridgehead atoms. The molecule has 5 nitrogen and oxygen atoms in total. The van der Waals surface area contributed by atoms with Gasteiger partial charge in [0, 0.05) is 5.69 Å². The van der Waals surface area contributed by atoms with Crippen molar-refractivity contribution in [3.63, 3.8) is 0 Å². The number of benzene rings is 2. The molecule has 0 atom stereocenters. The molecule has 3 rings (SSSR count). The maximum absolute atomic E-state index is 5.73. The Morgan fingerprint density at radius 1 is 0.895 bits per heavy atom. The van der Waals surface area contributed by atoms with Crippen molar-refractivity contribution in [1.82, 2.24) is 14.9 Å². The lowest BCUT2D eigenvalue weighted by Crippen LogP contribution is -2.24. The third-order valence-electron chi connectivity index (χ3n) is 2.75. The summed E-state index contributed by atoms with van der Waals surface area (Å²) in [6.07, 6.45) is 3.16. The van der Waals surface area contributed by atoms with Crippen molar-refractivity contribution < 1.29 is 0 Å². The lowest BCUT2D eigenvalue weighted by Gasteiger charge is -2.23. The molecule has 2 N–H and O–H groups in total. The van der Waals surface area contributed by atoms with Crippen LogP contribution in [0.25, 0.3) is 0 Å². The number of anilines is 3. The summed E-state index contributed by atoms with van der Waals surface area (Å²) >= 11 is 0. The molecule has 1 heterocycles. The van der Waals surface area contributed by atoms with Crippen LogP contribution in [0.1, 0.15) is 0 Å². The van der Waals surface area contributed by atoms with Crippen LogP contribution in [0.2, 0.25) is 0 Å². The predicted octanol–water partition coefficient (Wildman–Crippen LogP) is 2.46. The average Bonchev–Trinajstić information content (AvgIpc) is 2.96.